The van der Waals surface area contributed by atoms with Gasteiger partial charge in [-0.1, -0.05) is 11.6 Å². The lowest BCUT2D eigenvalue weighted by Crippen LogP contribution is -2.06. The van der Waals surface area contributed by atoms with Gasteiger partial charge in [-0.05, 0) is 12.1 Å². The number of pyridine rings is 1. The van der Waals surface area contributed by atoms with Crippen LogP contribution >= 0.6 is 11.6 Å². The van der Waals surface area contributed by atoms with Crippen molar-refractivity contribution >= 4 is 23.2 Å². The van der Waals surface area contributed by atoms with Gasteiger partial charge in [-0.3, -0.25) is 4.79 Å². The van der Waals surface area contributed by atoms with E-state index in [4.69, 9.17) is 11.6 Å². The highest BCUT2D eigenvalue weighted by atomic mass is 35.5. The van der Waals surface area contributed by atoms with E-state index in [0.29, 0.717) is 5.69 Å². The van der Waals surface area contributed by atoms with Crippen molar-refractivity contribution in [2.45, 2.75) is 6.92 Å². The number of aromatic nitrogens is 1. The monoisotopic (exact) mass is 169 g/mol. The lowest BCUT2D eigenvalue weighted by Gasteiger charge is -2.00. The summed E-state index contributed by atoms with van der Waals surface area (Å²) < 4.78 is 0. The second-order valence-electron chi connectivity index (χ2n) is 1.96. The van der Waals surface area contributed by atoms with Gasteiger partial charge in [0.05, 0.1) is 11.9 Å². The topological polar surface area (TPSA) is 42.0 Å². The number of hydrogen-bond donors (Lipinski definition) is 1. The SMILES string of the molecule is CC(=O)Nc1cc[c]nc1Cl. The van der Waals surface area contributed by atoms with E-state index in [2.05, 4.69) is 16.5 Å². The molecule has 0 unspecified atom stereocenters. The van der Waals surface area contributed by atoms with Gasteiger partial charge in [0.1, 0.15) is 0 Å². The molecule has 0 fully saturated rings. The van der Waals surface area contributed by atoms with E-state index < -0.39 is 0 Å². The van der Waals surface area contributed by atoms with Gasteiger partial charge in [0.2, 0.25) is 5.91 Å². The molecule has 0 aliphatic carbocycles. The molecule has 1 heterocycles. The first kappa shape index (κ1) is 8.01. The van der Waals surface area contributed by atoms with Crippen LogP contribution in [-0.2, 0) is 4.79 Å². The number of halogens is 1. The molecule has 57 valence electrons. The lowest BCUT2D eigenvalue weighted by molar-refractivity contribution is -0.114. The van der Waals surface area contributed by atoms with Crippen LogP contribution in [-0.4, -0.2) is 10.9 Å². The van der Waals surface area contributed by atoms with Gasteiger partial charge in [-0.15, -0.1) is 0 Å². The molecule has 0 spiro atoms. The highest BCUT2D eigenvalue weighted by molar-refractivity contribution is 6.32. The molecule has 0 aromatic carbocycles. The van der Waals surface area contributed by atoms with Crippen molar-refractivity contribution in [1.29, 1.82) is 0 Å². The standard InChI is InChI=1S/C7H6ClN2O/c1-5(11)10-6-3-2-4-9-7(6)8/h2-3H,1H3,(H,10,11). The molecule has 0 atom stereocenters. The minimum atomic E-state index is -0.167. The summed E-state index contributed by atoms with van der Waals surface area (Å²) in [5.41, 5.74) is 0.512. The van der Waals surface area contributed by atoms with Gasteiger partial charge in [-0.2, -0.15) is 0 Å². The molecule has 0 saturated heterocycles. The third kappa shape index (κ3) is 2.20. The molecule has 1 aromatic rings. The van der Waals surface area contributed by atoms with E-state index in [1.54, 1.807) is 12.1 Å². The van der Waals surface area contributed by atoms with Gasteiger partial charge in [0, 0.05) is 6.92 Å². The van der Waals surface area contributed by atoms with Crippen LogP contribution in [0.2, 0.25) is 5.15 Å². The van der Waals surface area contributed by atoms with E-state index >= 15 is 0 Å². The Morgan fingerprint density at radius 1 is 1.82 bits per heavy atom. The second-order valence-corrected chi connectivity index (χ2v) is 2.32. The average molecular weight is 170 g/mol. The molecule has 1 N–H and O–H groups in total. The molecule has 1 amide bonds. The minimum Gasteiger partial charge on any atom is -0.324 e. The minimum absolute atomic E-state index is 0.167. The molecule has 4 heteroatoms. The zero-order chi connectivity index (χ0) is 8.27. The lowest BCUT2D eigenvalue weighted by atomic mass is 10.4. The first-order valence-corrected chi connectivity index (χ1v) is 3.38. The van der Waals surface area contributed by atoms with Crippen molar-refractivity contribution in [3.8, 4) is 0 Å². The van der Waals surface area contributed by atoms with Gasteiger partial charge in [-0.25, -0.2) is 4.98 Å². The number of hydrogen-bond acceptors (Lipinski definition) is 2. The van der Waals surface area contributed by atoms with Crippen molar-refractivity contribution in [3.05, 3.63) is 23.5 Å². The maximum absolute atomic E-state index is 10.6. The van der Waals surface area contributed by atoms with E-state index in [9.17, 15) is 4.79 Å². The zero-order valence-electron chi connectivity index (χ0n) is 5.89. The summed E-state index contributed by atoms with van der Waals surface area (Å²) in [6.45, 7) is 1.41. The van der Waals surface area contributed by atoms with Crippen LogP contribution in [0.3, 0.4) is 0 Å². The van der Waals surface area contributed by atoms with E-state index in [-0.39, 0.29) is 11.1 Å². The first-order valence-electron chi connectivity index (χ1n) is 3.00. The van der Waals surface area contributed by atoms with Gasteiger partial charge < -0.3 is 5.32 Å². The van der Waals surface area contributed by atoms with Crippen LogP contribution in [0.5, 0.6) is 0 Å². The molecule has 0 aliphatic rings. The van der Waals surface area contributed by atoms with Crippen molar-refractivity contribution < 1.29 is 4.79 Å². The van der Waals surface area contributed by atoms with E-state index in [0.717, 1.165) is 0 Å². The fraction of sp³-hybridized carbons (Fsp3) is 0.143. The van der Waals surface area contributed by atoms with E-state index in [1.807, 2.05) is 0 Å². The number of amides is 1. The molecule has 0 saturated carbocycles. The number of anilines is 1. The maximum atomic E-state index is 10.6. The smallest absolute Gasteiger partial charge is 0.221 e. The van der Waals surface area contributed by atoms with Crippen LogP contribution in [0, 0.1) is 6.20 Å². The Kier molecular flexibility index (Phi) is 2.44. The Morgan fingerprint density at radius 3 is 3.09 bits per heavy atom. The first-order chi connectivity index (χ1) is 5.20. The fourth-order valence-corrected chi connectivity index (χ4v) is 0.785. The number of carbonyl (C=O) groups is 1. The largest absolute Gasteiger partial charge is 0.324 e. The van der Waals surface area contributed by atoms with Crippen LogP contribution < -0.4 is 5.32 Å². The Labute approximate surface area is 69.4 Å². The van der Waals surface area contributed by atoms with Crippen molar-refractivity contribution in [2.24, 2.45) is 0 Å². The normalized spacial score (nSPS) is 9.27. The quantitative estimate of drug-likeness (QED) is 0.648. The van der Waals surface area contributed by atoms with Crippen molar-refractivity contribution in [1.82, 2.24) is 4.98 Å². The number of nitrogens with one attached hydrogen (secondary N) is 1. The number of rotatable bonds is 1. The molecule has 1 aromatic heterocycles. The highest BCUT2D eigenvalue weighted by Gasteiger charge is 1.99. The summed E-state index contributed by atoms with van der Waals surface area (Å²) in [5, 5.41) is 2.77. The molecule has 11 heavy (non-hydrogen) atoms. The highest BCUT2D eigenvalue weighted by Crippen LogP contribution is 2.16. The maximum Gasteiger partial charge on any atom is 0.221 e. The predicted octanol–water partition coefficient (Wildman–Crippen LogP) is 1.49. The summed E-state index contributed by atoms with van der Waals surface area (Å²) in [5.74, 6) is -0.167. The molecule has 0 aliphatic heterocycles. The molecular weight excluding hydrogens is 164 g/mol. The third-order valence-corrected chi connectivity index (χ3v) is 1.31. The second kappa shape index (κ2) is 3.34. The molecule has 3 nitrogen and oxygen atoms in total. The van der Waals surface area contributed by atoms with Gasteiger partial charge in [0.15, 0.2) is 5.15 Å². The fourth-order valence-electron chi connectivity index (χ4n) is 0.626. The Morgan fingerprint density at radius 2 is 2.55 bits per heavy atom. The summed E-state index contributed by atoms with van der Waals surface area (Å²) in [7, 11) is 0. The molecular formula is C7H6ClN2O. The summed E-state index contributed by atoms with van der Waals surface area (Å²) in [4.78, 5) is 14.2. The summed E-state index contributed by atoms with van der Waals surface area (Å²) >= 11 is 5.61. The number of carbonyl (C=O) groups excluding carboxylic acids is 1. The molecule has 0 bridgehead atoms. The average Bonchev–Trinajstić information content (AvgIpc) is 1.93. The number of nitrogens with zero attached hydrogens (tertiary/aromatic N) is 1. The Balaban J connectivity index is 2.86. The third-order valence-electron chi connectivity index (χ3n) is 1.02. The van der Waals surface area contributed by atoms with E-state index in [1.165, 1.54) is 6.92 Å². The van der Waals surface area contributed by atoms with Crippen molar-refractivity contribution in [3.63, 3.8) is 0 Å². The summed E-state index contributed by atoms with van der Waals surface area (Å²) in [6, 6.07) is 3.22. The van der Waals surface area contributed by atoms with Crippen LogP contribution in [0.1, 0.15) is 6.92 Å². The predicted molar refractivity (Wildman–Crippen MR) is 42.4 cm³/mol. The van der Waals surface area contributed by atoms with Gasteiger partial charge in [0.25, 0.3) is 0 Å². The van der Waals surface area contributed by atoms with Gasteiger partial charge >= 0.3 is 0 Å². The molecule has 1 radical (unpaired) electrons. The van der Waals surface area contributed by atoms with Crippen LogP contribution in [0.25, 0.3) is 0 Å². The Bertz CT molecular complexity index is 275. The van der Waals surface area contributed by atoms with Crippen molar-refractivity contribution in [2.75, 3.05) is 5.32 Å². The van der Waals surface area contributed by atoms with Crippen LogP contribution in [0.15, 0.2) is 12.1 Å². The Hall–Kier alpha value is -1.09. The van der Waals surface area contributed by atoms with Crippen LogP contribution in [0.4, 0.5) is 5.69 Å². The zero-order valence-corrected chi connectivity index (χ0v) is 6.64. The summed E-state index contributed by atoms with van der Waals surface area (Å²) in [6.07, 6.45) is 2.54. The molecule has 1 rings (SSSR count).